The molecule has 0 fully saturated rings. The average Bonchev–Trinajstić information content (AvgIpc) is 3.10. The van der Waals surface area contributed by atoms with Crippen molar-refractivity contribution in [3.05, 3.63) is 83.4 Å². The van der Waals surface area contributed by atoms with Crippen molar-refractivity contribution in [2.75, 3.05) is 19.0 Å². The molecule has 4 aromatic rings. The number of hydrogen-bond donors (Lipinski definition) is 0. The maximum atomic E-state index is 5.90. The Hall–Kier alpha value is -3.33. The van der Waals surface area contributed by atoms with Crippen molar-refractivity contribution >= 4 is 28.9 Å². The van der Waals surface area contributed by atoms with E-state index in [4.69, 9.17) is 4.42 Å². The van der Waals surface area contributed by atoms with Crippen molar-refractivity contribution in [1.29, 1.82) is 0 Å². The minimum Gasteiger partial charge on any atom is -0.436 e. The highest BCUT2D eigenvalue weighted by atomic mass is 16.3. The van der Waals surface area contributed by atoms with Gasteiger partial charge >= 0.3 is 0 Å². The van der Waals surface area contributed by atoms with Gasteiger partial charge in [-0.3, -0.25) is 0 Å². The predicted molar refractivity (Wildman–Crippen MR) is 114 cm³/mol. The molecule has 3 nitrogen and oxygen atoms in total. The van der Waals surface area contributed by atoms with Crippen LogP contribution in [0.3, 0.4) is 0 Å². The third kappa shape index (κ3) is 3.77. The first kappa shape index (κ1) is 17.1. The molecule has 0 aliphatic heterocycles. The van der Waals surface area contributed by atoms with Gasteiger partial charge in [0.25, 0.3) is 0 Å². The normalized spacial score (nSPS) is 11.4. The van der Waals surface area contributed by atoms with E-state index in [1.54, 1.807) is 0 Å². The van der Waals surface area contributed by atoms with Crippen LogP contribution in [0.4, 0.5) is 5.69 Å². The van der Waals surface area contributed by atoms with Gasteiger partial charge < -0.3 is 9.32 Å². The van der Waals surface area contributed by atoms with Crippen LogP contribution in [-0.4, -0.2) is 19.1 Å². The predicted octanol–water partition coefficient (Wildman–Crippen LogP) is 6.04. The molecule has 0 radical (unpaired) electrons. The number of aromatic nitrogens is 1. The Morgan fingerprint density at radius 1 is 0.815 bits per heavy atom. The number of rotatable bonds is 4. The molecule has 0 unspecified atom stereocenters. The van der Waals surface area contributed by atoms with E-state index in [2.05, 4.69) is 65.4 Å². The van der Waals surface area contributed by atoms with Crippen molar-refractivity contribution in [2.45, 2.75) is 6.92 Å². The number of benzene rings is 3. The summed E-state index contributed by atoms with van der Waals surface area (Å²) in [5, 5.41) is 0. The number of anilines is 1. The average molecular weight is 354 g/mol. The molecule has 0 saturated heterocycles. The van der Waals surface area contributed by atoms with Gasteiger partial charge in [-0.1, -0.05) is 42.5 Å². The number of hydrogen-bond acceptors (Lipinski definition) is 3. The number of oxazole rings is 1. The van der Waals surface area contributed by atoms with E-state index in [0.717, 1.165) is 22.2 Å². The molecule has 0 spiro atoms. The summed E-state index contributed by atoms with van der Waals surface area (Å²) in [5.74, 6) is 0.658. The molecule has 0 aliphatic rings. The lowest BCUT2D eigenvalue weighted by Crippen LogP contribution is -2.07. The Labute approximate surface area is 159 Å². The third-order valence-electron chi connectivity index (χ3n) is 4.58. The summed E-state index contributed by atoms with van der Waals surface area (Å²) < 4.78 is 5.90. The Balaban J connectivity index is 1.52. The van der Waals surface area contributed by atoms with Gasteiger partial charge in [0.05, 0.1) is 0 Å². The Morgan fingerprint density at radius 2 is 1.44 bits per heavy atom. The molecular formula is C24H22N2O. The first-order valence-electron chi connectivity index (χ1n) is 9.01. The van der Waals surface area contributed by atoms with E-state index in [1.165, 1.54) is 16.8 Å². The fourth-order valence-corrected chi connectivity index (χ4v) is 2.97. The zero-order valence-corrected chi connectivity index (χ0v) is 15.8. The lowest BCUT2D eigenvalue weighted by Gasteiger charge is -2.11. The maximum Gasteiger partial charge on any atom is 0.227 e. The molecule has 1 aromatic heterocycles. The standard InChI is InChI=1S/C24H22N2O/c1-17-4-15-22-23(16-17)27-24(25-22)20-11-7-18(8-12-20)5-6-19-9-13-21(14-10-19)26(2)3/h4-16H,1-3H3/b6-5+. The van der Waals surface area contributed by atoms with E-state index in [9.17, 15) is 0 Å². The molecule has 3 heteroatoms. The Bertz CT molecular complexity index is 1090. The zero-order valence-electron chi connectivity index (χ0n) is 15.8. The van der Waals surface area contributed by atoms with Crippen molar-refractivity contribution in [1.82, 2.24) is 4.98 Å². The van der Waals surface area contributed by atoms with Crippen molar-refractivity contribution in [3.8, 4) is 11.5 Å². The molecule has 3 aromatic carbocycles. The quantitative estimate of drug-likeness (QED) is 0.418. The molecule has 0 amide bonds. The van der Waals surface area contributed by atoms with E-state index < -0.39 is 0 Å². The van der Waals surface area contributed by atoms with Gasteiger partial charge in [-0.05, 0) is 60.0 Å². The molecule has 1 heterocycles. The lowest BCUT2D eigenvalue weighted by molar-refractivity contribution is 0.619. The minimum absolute atomic E-state index is 0.658. The topological polar surface area (TPSA) is 29.3 Å². The van der Waals surface area contributed by atoms with Gasteiger partial charge in [0.15, 0.2) is 5.58 Å². The summed E-state index contributed by atoms with van der Waals surface area (Å²) in [4.78, 5) is 6.68. The first-order chi connectivity index (χ1) is 13.1. The SMILES string of the molecule is Cc1ccc2nc(-c3ccc(/C=C/c4ccc(N(C)C)cc4)cc3)oc2c1. The van der Waals surface area contributed by atoms with Crippen molar-refractivity contribution < 1.29 is 4.42 Å². The first-order valence-corrected chi connectivity index (χ1v) is 9.01. The second-order valence-corrected chi connectivity index (χ2v) is 6.93. The lowest BCUT2D eigenvalue weighted by atomic mass is 10.1. The molecule has 134 valence electrons. The molecule has 0 bridgehead atoms. The van der Waals surface area contributed by atoms with Gasteiger partial charge in [0.2, 0.25) is 5.89 Å². The van der Waals surface area contributed by atoms with Crippen molar-refractivity contribution in [2.24, 2.45) is 0 Å². The summed E-state index contributed by atoms with van der Waals surface area (Å²) in [5.41, 5.74) is 7.39. The zero-order chi connectivity index (χ0) is 18.8. The molecule has 0 N–H and O–H groups in total. The van der Waals surface area contributed by atoms with E-state index in [1.807, 2.05) is 44.4 Å². The van der Waals surface area contributed by atoms with Crippen LogP contribution >= 0.6 is 0 Å². The van der Waals surface area contributed by atoms with Gasteiger partial charge in [0.1, 0.15) is 5.52 Å². The van der Waals surface area contributed by atoms with Crippen molar-refractivity contribution in [3.63, 3.8) is 0 Å². The number of fused-ring (bicyclic) bond motifs is 1. The highest BCUT2D eigenvalue weighted by Gasteiger charge is 2.07. The van der Waals surface area contributed by atoms with E-state index in [0.29, 0.717) is 5.89 Å². The van der Waals surface area contributed by atoms with Crippen LogP contribution < -0.4 is 4.90 Å². The van der Waals surface area contributed by atoms with Crippen LogP contribution in [0.25, 0.3) is 34.7 Å². The van der Waals surface area contributed by atoms with Gasteiger partial charge in [-0.25, -0.2) is 4.98 Å². The second kappa shape index (κ2) is 7.12. The van der Waals surface area contributed by atoms with Crippen LogP contribution in [0, 0.1) is 6.92 Å². The monoisotopic (exact) mass is 354 g/mol. The molecular weight excluding hydrogens is 332 g/mol. The Kier molecular flexibility index (Phi) is 4.51. The van der Waals surface area contributed by atoms with E-state index in [-0.39, 0.29) is 0 Å². The maximum absolute atomic E-state index is 5.90. The van der Waals surface area contributed by atoms with Crippen LogP contribution in [0.2, 0.25) is 0 Å². The highest BCUT2D eigenvalue weighted by molar-refractivity contribution is 5.77. The highest BCUT2D eigenvalue weighted by Crippen LogP contribution is 2.25. The molecule has 0 aliphatic carbocycles. The summed E-state index contributed by atoms with van der Waals surface area (Å²) in [6.07, 6.45) is 4.24. The number of nitrogens with zero attached hydrogens (tertiary/aromatic N) is 2. The van der Waals surface area contributed by atoms with Crippen LogP contribution in [-0.2, 0) is 0 Å². The summed E-state index contributed by atoms with van der Waals surface area (Å²) in [6.45, 7) is 2.05. The smallest absolute Gasteiger partial charge is 0.227 e. The second-order valence-electron chi connectivity index (χ2n) is 6.93. The summed E-state index contributed by atoms with van der Waals surface area (Å²) >= 11 is 0. The summed E-state index contributed by atoms with van der Waals surface area (Å²) in [6, 6.07) is 22.8. The van der Waals surface area contributed by atoms with Crippen LogP contribution in [0.5, 0.6) is 0 Å². The number of aryl methyl sites for hydroxylation is 1. The van der Waals surface area contributed by atoms with Gasteiger partial charge in [0, 0.05) is 25.3 Å². The fourth-order valence-electron chi connectivity index (χ4n) is 2.97. The fraction of sp³-hybridized carbons (Fsp3) is 0.125. The minimum atomic E-state index is 0.658. The molecule has 4 rings (SSSR count). The molecule has 0 saturated carbocycles. The summed E-state index contributed by atoms with van der Waals surface area (Å²) in [7, 11) is 4.09. The third-order valence-corrected chi connectivity index (χ3v) is 4.58. The van der Waals surface area contributed by atoms with E-state index >= 15 is 0 Å². The molecule has 27 heavy (non-hydrogen) atoms. The van der Waals surface area contributed by atoms with Crippen LogP contribution in [0.1, 0.15) is 16.7 Å². The van der Waals surface area contributed by atoms with Crippen LogP contribution in [0.15, 0.2) is 71.1 Å². The largest absolute Gasteiger partial charge is 0.436 e. The van der Waals surface area contributed by atoms with Gasteiger partial charge in [-0.2, -0.15) is 0 Å². The molecule has 0 atom stereocenters. The van der Waals surface area contributed by atoms with Gasteiger partial charge in [-0.15, -0.1) is 0 Å². The Morgan fingerprint density at radius 3 is 2.07 bits per heavy atom.